The highest BCUT2D eigenvalue weighted by Crippen LogP contribution is 2.17. The van der Waals surface area contributed by atoms with E-state index in [2.05, 4.69) is 0 Å². The van der Waals surface area contributed by atoms with E-state index in [0.29, 0.717) is 32.0 Å². The predicted octanol–water partition coefficient (Wildman–Crippen LogP) is 1.66. The summed E-state index contributed by atoms with van der Waals surface area (Å²) in [5.41, 5.74) is 0. The van der Waals surface area contributed by atoms with Gasteiger partial charge < -0.3 is 24.0 Å². The molecular weight excluding hydrogens is 336 g/mol. The SMILES string of the molecule is CCOc1ccc(OCC(=O)N(CCN(C)C)CC(C)C(=O)OC)cc1. The van der Waals surface area contributed by atoms with Gasteiger partial charge in [0, 0.05) is 19.6 Å². The Morgan fingerprint density at radius 2 is 1.62 bits per heavy atom. The molecule has 0 spiro atoms. The van der Waals surface area contributed by atoms with Gasteiger partial charge >= 0.3 is 5.97 Å². The normalized spacial score (nSPS) is 11.8. The highest BCUT2D eigenvalue weighted by atomic mass is 16.5. The van der Waals surface area contributed by atoms with Crippen LogP contribution in [-0.4, -0.2) is 75.7 Å². The highest BCUT2D eigenvalue weighted by Gasteiger charge is 2.22. The lowest BCUT2D eigenvalue weighted by atomic mass is 10.1. The van der Waals surface area contributed by atoms with Crippen LogP contribution < -0.4 is 9.47 Å². The van der Waals surface area contributed by atoms with Crippen molar-refractivity contribution in [2.45, 2.75) is 13.8 Å². The van der Waals surface area contributed by atoms with E-state index in [-0.39, 0.29) is 18.5 Å². The molecule has 0 aromatic heterocycles. The zero-order valence-corrected chi connectivity index (χ0v) is 16.4. The number of likely N-dealkylation sites (N-methyl/N-ethyl adjacent to an activating group) is 1. The van der Waals surface area contributed by atoms with Gasteiger partial charge in [0.2, 0.25) is 0 Å². The van der Waals surface area contributed by atoms with Crippen LogP contribution in [0.15, 0.2) is 24.3 Å². The molecule has 0 aliphatic rings. The third-order valence-electron chi connectivity index (χ3n) is 3.76. The van der Waals surface area contributed by atoms with Crippen molar-refractivity contribution >= 4 is 11.9 Å². The Labute approximate surface area is 155 Å². The molecule has 0 aliphatic carbocycles. The van der Waals surface area contributed by atoms with Crippen LogP contribution in [0.25, 0.3) is 0 Å². The van der Waals surface area contributed by atoms with Crippen LogP contribution >= 0.6 is 0 Å². The van der Waals surface area contributed by atoms with Gasteiger partial charge in [0.15, 0.2) is 6.61 Å². The van der Waals surface area contributed by atoms with E-state index in [4.69, 9.17) is 14.2 Å². The summed E-state index contributed by atoms with van der Waals surface area (Å²) < 4.78 is 15.7. The van der Waals surface area contributed by atoms with Gasteiger partial charge in [-0.15, -0.1) is 0 Å². The molecule has 1 aromatic rings. The number of hydrogen-bond acceptors (Lipinski definition) is 6. The summed E-state index contributed by atoms with van der Waals surface area (Å²) >= 11 is 0. The number of hydrogen-bond donors (Lipinski definition) is 0. The van der Waals surface area contributed by atoms with Gasteiger partial charge in [0.1, 0.15) is 11.5 Å². The molecule has 0 aliphatic heterocycles. The Bertz CT molecular complexity index is 560. The number of carbonyl (C=O) groups excluding carboxylic acids is 2. The summed E-state index contributed by atoms with van der Waals surface area (Å²) in [5.74, 6) is 0.453. The molecule has 0 heterocycles. The average Bonchev–Trinajstić information content (AvgIpc) is 2.63. The fourth-order valence-corrected chi connectivity index (χ4v) is 2.28. The first-order valence-corrected chi connectivity index (χ1v) is 8.73. The Morgan fingerprint density at radius 1 is 1.04 bits per heavy atom. The number of carbonyl (C=O) groups is 2. The quantitative estimate of drug-likeness (QED) is 0.555. The third kappa shape index (κ3) is 7.74. The van der Waals surface area contributed by atoms with Crippen molar-refractivity contribution in [3.63, 3.8) is 0 Å². The Morgan fingerprint density at radius 3 is 2.12 bits per heavy atom. The standard InChI is InChI=1S/C19H30N2O5/c1-6-25-16-7-9-17(10-8-16)26-14-18(22)21(12-11-20(3)4)13-15(2)19(23)24-5/h7-10,15H,6,11-14H2,1-5H3. The minimum Gasteiger partial charge on any atom is -0.494 e. The van der Waals surface area contributed by atoms with Crippen LogP contribution in [0.4, 0.5) is 0 Å². The van der Waals surface area contributed by atoms with Crippen LogP contribution in [0.2, 0.25) is 0 Å². The lowest BCUT2D eigenvalue weighted by Crippen LogP contribution is -2.43. The smallest absolute Gasteiger partial charge is 0.310 e. The Hall–Kier alpha value is -2.28. The van der Waals surface area contributed by atoms with Crippen LogP contribution in [0.3, 0.4) is 0 Å². The molecule has 0 N–H and O–H groups in total. The van der Waals surface area contributed by atoms with E-state index in [1.165, 1.54) is 7.11 Å². The van der Waals surface area contributed by atoms with Crippen molar-refractivity contribution in [2.75, 3.05) is 54.1 Å². The van der Waals surface area contributed by atoms with Crippen LogP contribution in [0.5, 0.6) is 11.5 Å². The fraction of sp³-hybridized carbons (Fsp3) is 0.579. The summed E-state index contributed by atoms with van der Waals surface area (Å²) in [6.45, 7) is 5.68. The molecule has 0 fully saturated rings. The maximum absolute atomic E-state index is 12.6. The molecule has 0 bridgehead atoms. The molecule has 1 amide bonds. The Balaban J connectivity index is 2.63. The molecule has 0 saturated heterocycles. The first kappa shape index (κ1) is 21.8. The number of ether oxygens (including phenoxy) is 3. The van der Waals surface area contributed by atoms with E-state index < -0.39 is 5.92 Å². The van der Waals surface area contributed by atoms with Crippen molar-refractivity contribution in [3.8, 4) is 11.5 Å². The van der Waals surface area contributed by atoms with Crippen molar-refractivity contribution < 1.29 is 23.8 Å². The molecule has 146 valence electrons. The zero-order chi connectivity index (χ0) is 19.5. The van der Waals surface area contributed by atoms with Crippen LogP contribution in [0, 0.1) is 5.92 Å². The summed E-state index contributed by atoms with van der Waals surface area (Å²) in [6, 6.07) is 7.12. The molecule has 1 rings (SSSR count). The minimum atomic E-state index is -0.392. The molecule has 1 unspecified atom stereocenters. The number of benzene rings is 1. The molecular formula is C19H30N2O5. The van der Waals surface area contributed by atoms with E-state index >= 15 is 0 Å². The Kier molecular flexibility index (Phi) is 9.51. The molecule has 1 atom stereocenters. The van der Waals surface area contributed by atoms with E-state index in [0.717, 1.165) is 5.75 Å². The highest BCUT2D eigenvalue weighted by molar-refractivity contribution is 5.79. The second-order valence-corrected chi connectivity index (χ2v) is 6.26. The lowest BCUT2D eigenvalue weighted by molar-refractivity contribution is -0.146. The number of nitrogens with zero attached hydrogens (tertiary/aromatic N) is 2. The number of rotatable bonds is 11. The van der Waals surface area contributed by atoms with Gasteiger partial charge in [-0.1, -0.05) is 6.92 Å². The summed E-state index contributed by atoms with van der Waals surface area (Å²) in [5, 5.41) is 0. The van der Waals surface area contributed by atoms with Gasteiger partial charge in [-0.25, -0.2) is 0 Å². The van der Waals surface area contributed by atoms with Crippen molar-refractivity contribution in [1.82, 2.24) is 9.80 Å². The second-order valence-electron chi connectivity index (χ2n) is 6.26. The topological polar surface area (TPSA) is 68.3 Å². The molecule has 1 aromatic carbocycles. The van der Waals surface area contributed by atoms with Crippen molar-refractivity contribution in [2.24, 2.45) is 5.92 Å². The molecule has 7 nitrogen and oxygen atoms in total. The lowest BCUT2D eigenvalue weighted by Gasteiger charge is -2.26. The summed E-state index contributed by atoms with van der Waals surface area (Å²) in [6.07, 6.45) is 0. The van der Waals surface area contributed by atoms with Gasteiger partial charge in [0.05, 0.1) is 19.6 Å². The first-order valence-electron chi connectivity index (χ1n) is 8.73. The zero-order valence-electron chi connectivity index (χ0n) is 16.4. The van der Waals surface area contributed by atoms with Gasteiger partial charge in [0.25, 0.3) is 5.91 Å². The van der Waals surface area contributed by atoms with E-state index in [9.17, 15) is 9.59 Å². The average molecular weight is 366 g/mol. The van der Waals surface area contributed by atoms with Gasteiger partial charge in [-0.05, 0) is 45.3 Å². The van der Waals surface area contributed by atoms with Gasteiger partial charge in [-0.3, -0.25) is 9.59 Å². The largest absolute Gasteiger partial charge is 0.494 e. The summed E-state index contributed by atoms with van der Waals surface area (Å²) in [4.78, 5) is 27.8. The van der Waals surface area contributed by atoms with Crippen molar-refractivity contribution in [3.05, 3.63) is 24.3 Å². The van der Waals surface area contributed by atoms with E-state index in [1.807, 2.05) is 25.9 Å². The summed E-state index contributed by atoms with van der Waals surface area (Å²) in [7, 11) is 5.21. The number of methoxy groups -OCH3 is 1. The van der Waals surface area contributed by atoms with E-state index in [1.54, 1.807) is 36.1 Å². The maximum Gasteiger partial charge on any atom is 0.310 e. The third-order valence-corrected chi connectivity index (χ3v) is 3.76. The molecule has 26 heavy (non-hydrogen) atoms. The second kappa shape index (κ2) is 11.4. The molecule has 0 radical (unpaired) electrons. The number of amides is 1. The van der Waals surface area contributed by atoms with Gasteiger partial charge in [-0.2, -0.15) is 0 Å². The molecule has 7 heteroatoms. The first-order chi connectivity index (χ1) is 12.4. The minimum absolute atomic E-state index is 0.0880. The molecule has 0 saturated carbocycles. The maximum atomic E-state index is 12.6. The number of esters is 1. The van der Waals surface area contributed by atoms with Crippen LogP contribution in [0.1, 0.15) is 13.8 Å². The van der Waals surface area contributed by atoms with Crippen LogP contribution in [-0.2, 0) is 14.3 Å². The van der Waals surface area contributed by atoms with Crippen molar-refractivity contribution in [1.29, 1.82) is 0 Å². The fourth-order valence-electron chi connectivity index (χ4n) is 2.28. The monoisotopic (exact) mass is 366 g/mol. The predicted molar refractivity (Wildman–Crippen MR) is 99.4 cm³/mol.